The van der Waals surface area contributed by atoms with Crippen LogP contribution in [0.3, 0.4) is 0 Å². The fourth-order valence-corrected chi connectivity index (χ4v) is 2.72. The zero-order valence-corrected chi connectivity index (χ0v) is 13.9. The predicted octanol–water partition coefficient (Wildman–Crippen LogP) is 5.72. The van der Waals surface area contributed by atoms with Crippen LogP contribution in [0.5, 0.6) is 0 Å². The van der Waals surface area contributed by atoms with Crippen LogP contribution in [0.1, 0.15) is 42.3 Å². The molecule has 0 aliphatic heterocycles. The molecule has 0 unspecified atom stereocenters. The van der Waals surface area contributed by atoms with Gasteiger partial charge in [-0.3, -0.25) is 4.79 Å². The SMILES string of the molecule is CC(C)(C)c1ccccc1C(=O)Cc1cccc(Cl)c1Cl. The summed E-state index contributed by atoms with van der Waals surface area (Å²) in [4.78, 5) is 12.6. The molecule has 0 aliphatic carbocycles. The topological polar surface area (TPSA) is 17.1 Å². The van der Waals surface area contributed by atoms with Crippen molar-refractivity contribution in [1.29, 1.82) is 0 Å². The first-order chi connectivity index (χ1) is 9.80. The molecule has 0 aromatic heterocycles. The van der Waals surface area contributed by atoms with Crippen LogP contribution in [-0.2, 0) is 11.8 Å². The molecule has 0 heterocycles. The highest BCUT2D eigenvalue weighted by Gasteiger charge is 2.21. The Balaban J connectivity index is 2.36. The lowest BCUT2D eigenvalue weighted by molar-refractivity contribution is 0.0991. The molecule has 0 N–H and O–H groups in total. The van der Waals surface area contributed by atoms with Crippen molar-refractivity contribution in [1.82, 2.24) is 0 Å². The second-order valence-corrected chi connectivity index (χ2v) is 6.89. The van der Waals surface area contributed by atoms with E-state index >= 15 is 0 Å². The maximum Gasteiger partial charge on any atom is 0.167 e. The summed E-state index contributed by atoms with van der Waals surface area (Å²) in [6.45, 7) is 6.31. The van der Waals surface area contributed by atoms with Gasteiger partial charge in [-0.2, -0.15) is 0 Å². The Bertz CT molecular complexity index is 669. The number of carbonyl (C=O) groups is 1. The Morgan fingerprint density at radius 1 is 1.00 bits per heavy atom. The van der Waals surface area contributed by atoms with E-state index in [0.29, 0.717) is 10.0 Å². The molecule has 2 rings (SSSR count). The Morgan fingerprint density at radius 3 is 2.33 bits per heavy atom. The van der Waals surface area contributed by atoms with Gasteiger partial charge in [0.15, 0.2) is 5.78 Å². The molecule has 0 spiro atoms. The van der Waals surface area contributed by atoms with Crippen LogP contribution in [0.15, 0.2) is 42.5 Å². The molecule has 0 amide bonds. The lowest BCUT2D eigenvalue weighted by Crippen LogP contribution is -2.17. The van der Waals surface area contributed by atoms with Crippen LogP contribution in [0.4, 0.5) is 0 Å². The van der Waals surface area contributed by atoms with Crippen molar-refractivity contribution in [2.75, 3.05) is 0 Å². The Kier molecular flexibility index (Phi) is 4.75. The fraction of sp³-hybridized carbons (Fsp3) is 0.278. The molecule has 0 radical (unpaired) electrons. The lowest BCUT2D eigenvalue weighted by atomic mass is 9.82. The minimum atomic E-state index is -0.0790. The molecular weight excluding hydrogens is 303 g/mol. The fourth-order valence-electron chi connectivity index (χ4n) is 2.33. The molecular formula is C18H18Cl2O. The summed E-state index contributed by atoms with van der Waals surface area (Å²) in [5.41, 5.74) is 2.48. The molecule has 1 nitrogen and oxygen atoms in total. The van der Waals surface area contributed by atoms with Gasteiger partial charge in [-0.25, -0.2) is 0 Å². The maximum atomic E-state index is 12.6. The standard InChI is InChI=1S/C18H18Cl2O/c1-18(2,3)14-9-5-4-8-13(14)16(21)11-12-7-6-10-15(19)17(12)20/h4-10H,11H2,1-3H3. The van der Waals surface area contributed by atoms with E-state index in [0.717, 1.165) is 16.7 Å². The number of hydrogen-bond acceptors (Lipinski definition) is 1. The quantitative estimate of drug-likeness (QED) is 0.661. The summed E-state index contributed by atoms with van der Waals surface area (Å²) in [6.07, 6.45) is 0.256. The summed E-state index contributed by atoms with van der Waals surface area (Å²) < 4.78 is 0. The number of hydrogen-bond donors (Lipinski definition) is 0. The maximum absolute atomic E-state index is 12.6. The number of carbonyl (C=O) groups excluding carboxylic acids is 1. The van der Waals surface area contributed by atoms with E-state index < -0.39 is 0 Å². The van der Waals surface area contributed by atoms with Crippen LogP contribution in [0.25, 0.3) is 0 Å². The van der Waals surface area contributed by atoms with Gasteiger partial charge in [0, 0.05) is 12.0 Å². The largest absolute Gasteiger partial charge is 0.294 e. The highest BCUT2D eigenvalue weighted by Crippen LogP contribution is 2.29. The highest BCUT2D eigenvalue weighted by molar-refractivity contribution is 6.42. The molecule has 0 saturated carbocycles. The van der Waals surface area contributed by atoms with E-state index in [9.17, 15) is 4.79 Å². The monoisotopic (exact) mass is 320 g/mol. The molecule has 3 heteroatoms. The van der Waals surface area contributed by atoms with Crippen LogP contribution >= 0.6 is 23.2 Å². The zero-order chi connectivity index (χ0) is 15.6. The van der Waals surface area contributed by atoms with Gasteiger partial charge in [0.05, 0.1) is 10.0 Å². The van der Waals surface area contributed by atoms with Crippen molar-refractivity contribution in [3.8, 4) is 0 Å². The second-order valence-electron chi connectivity index (χ2n) is 6.11. The average Bonchev–Trinajstić information content (AvgIpc) is 2.43. The van der Waals surface area contributed by atoms with Gasteiger partial charge in [0.1, 0.15) is 0 Å². The minimum absolute atomic E-state index is 0.0599. The van der Waals surface area contributed by atoms with E-state index in [1.54, 1.807) is 6.07 Å². The molecule has 0 atom stereocenters. The molecule has 0 fully saturated rings. The molecule has 2 aromatic carbocycles. The van der Waals surface area contributed by atoms with E-state index in [1.807, 2.05) is 36.4 Å². The van der Waals surface area contributed by atoms with Crippen molar-refractivity contribution in [2.24, 2.45) is 0 Å². The van der Waals surface area contributed by atoms with Crippen molar-refractivity contribution in [2.45, 2.75) is 32.6 Å². The number of ketones is 1. The highest BCUT2D eigenvalue weighted by atomic mass is 35.5. The second kappa shape index (κ2) is 6.21. The third-order valence-corrected chi connectivity index (χ3v) is 4.28. The predicted molar refractivity (Wildman–Crippen MR) is 89.6 cm³/mol. The molecule has 0 saturated heterocycles. The number of halogens is 2. The van der Waals surface area contributed by atoms with Gasteiger partial charge in [0.25, 0.3) is 0 Å². The van der Waals surface area contributed by atoms with Crippen molar-refractivity contribution in [3.63, 3.8) is 0 Å². The van der Waals surface area contributed by atoms with Gasteiger partial charge in [-0.05, 0) is 22.6 Å². The van der Waals surface area contributed by atoms with E-state index in [4.69, 9.17) is 23.2 Å². The molecule has 0 aliphatic rings. The van der Waals surface area contributed by atoms with Crippen LogP contribution < -0.4 is 0 Å². The summed E-state index contributed by atoms with van der Waals surface area (Å²) in [7, 11) is 0. The summed E-state index contributed by atoms with van der Waals surface area (Å²) in [5, 5.41) is 0.937. The Hall–Kier alpha value is -1.31. The van der Waals surface area contributed by atoms with Crippen molar-refractivity contribution >= 4 is 29.0 Å². The van der Waals surface area contributed by atoms with Gasteiger partial charge in [-0.15, -0.1) is 0 Å². The van der Waals surface area contributed by atoms with Crippen LogP contribution in [0, 0.1) is 0 Å². The molecule has 2 aromatic rings. The van der Waals surface area contributed by atoms with E-state index in [2.05, 4.69) is 20.8 Å². The Morgan fingerprint density at radius 2 is 1.67 bits per heavy atom. The van der Waals surface area contributed by atoms with Gasteiger partial charge < -0.3 is 0 Å². The third kappa shape index (κ3) is 3.66. The lowest BCUT2D eigenvalue weighted by Gasteiger charge is -2.22. The summed E-state index contributed by atoms with van der Waals surface area (Å²) >= 11 is 12.2. The van der Waals surface area contributed by atoms with E-state index in [1.165, 1.54) is 0 Å². The summed E-state index contributed by atoms with van der Waals surface area (Å²) in [6, 6.07) is 13.1. The first-order valence-electron chi connectivity index (χ1n) is 6.86. The van der Waals surface area contributed by atoms with E-state index in [-0.39, 0.29) is 17.6 Å². The first-order valence-corrected chi connectivity index (χ1v) is 7.62. The Labute approximate surface area is 135 Å². The normalized spacial score (nSPS) is 11.5. The molecule has 21 heavy (non-hydrogen) atoms. The number of rotatable bonds is 3. The number of Topliss-reactive ketones (excluding diaryl/α,β-unsaturated/α-hetero) is 1. The smallest absolute Gasteiger partial charge is 0.167 e. The number of benzene rings is 2. The van der Waals surface area contributed by atoms with Gasteiger partial charge in [-0.1, -0.05) is 80.4 Å². The minimum Gasteiger partial charge on any atom is -0.294 e. The third-order valence-electron chi connectivity index (χ3n) is 3.42. The average molecular weight is 321 g/mol. The van der Waals surface area contributed by atoms with Crippen molar-refractivity contribution in [3.05, 3.63) is 69.2 Å². The van der Waals surface area contributed by atoms with Crippen molar-refractivity contribution < 1.29 is 4.79 Å². The van der Waals surface area contributed by atoms with Crippen LogP contribution in [0.2, 0.25) is 10.0 Å². The van der Waals surface area contributed by atoms with Gasteiger partial charge >= 0.3 is 0 Å². The van der Waals surface area contributed by atoms with Gasteiger partial charge in [0.2, 0.25) is 0 Å². The molecule has 0 bridgehead atoms. The first kappa shape index (κ1) is 16.1. The zero-order valence-electron chi connectivity index (χ0n) is 12.4. The molecule has 110 valence electrons. The van der Waals surface area contributed by atoms with Crippen LogP contribution in [-0.4, -0.2) is 5.78 Å². The summed E-state index contributed by atoms with van der Waals surface area (Å²) in [5.74, 6) is 0.0599.